The van der Waals surface area contributed by atoms with Gasteiger partial charge in [0.25, 0.3) is 0 Å². The first-order valence-corrected chi connectivity index (χ1v) is 9.82. The fourth-order valence-electron chi connectivity index (χ4n) is 4.30. The van der Waals surface area contributed by atoms with Crippen molar-refractivity contribution in [1.29, 1.82) is 0 Å². The summed E-state index contributed by atoms with van der Waals surface area (Å²) in [7, 11) is 0. The smallest absolute Gasteiger partial charge is 0.306 e. The van der Waals surface area contributed by atoms with Gasteiger partial charge in [-0.1, -0.05) is 12.1 Å². The number of fused-ring (bicyclic) bond motifs is 2. The van der Waals surface area contributed by atoms with Gasteiger partial charge >= 0.3 is 5.97 Å². The number of pyridine rings is 1. The van der Waals surface area contributed by atoms with E-state index >= 15 is 0 Å². The number of aromatic nitrogens is 4. The minimum Gasteiger partial charge on any atom is -0.481 e. The first kappa shape index (κ1) is 17.6. The van der Waals surface area contributed by atoms with Crippen molar-refractivity contribution < 1.29 is 9.90 Å². The highest BCUT2D eigenvalue weighted by Gasteiger charge is 2.28. The van der Waals surface area contributed by atoms with Crippen molar-refractivity contribution in [3.63, 3.8) is 0 Å². The first-order chi connectivity index (χ1) is 14.1. The summed E-state index contributed by atoms with van der Waals surface area (Å²) in [5, 5.41) is 14.7. The molecule has 1 aliphatic carbocycles. The summed E-state index contributed by atoms with van der Waals surface area (Å²) in [5.41, 5.74) is 10.8. The van der Waals surface area contributed by atoms with Crippen LogP contribution in [0.5, 0.6) is 0 Å². The quantitative estimate of drug-likeness (QED) is 0.552. The number of nitrogen functional groups attached to an aromatic ring is 1. The van der Waals surface area contributed by atoms with Gasteiger partial charge in [0.05, 0.1) is 17.6 Å². The van der Waals surface area contributed by atoms with E-state index in [1.54, 1.807) is 16.9 Å². The van der Waals surface area contributed by atoms with E-state index in [1.165, 1.54) is 0 Å². The summed E-state index contributed by atoms with van der Waals surface area (Å²) in [6.45, 7) is 0. The molecule has 0 amide bonds. The molecule has 0 bridgehead atoms. The Morgan fingerprint density at radius 3 is 2.76 bits per heavy atom. The van der Waals surface area contributed by atoms with Crippen molar-refractivity contribution in [2.24, 2.45) is 5.92 Å². The van der Waals surface area contributed by atoms with Gasteiger partial charge < -0.3 is 10.8 Å². The molecule has 1 fully saturated rings. The maximum absolute atomic E-state index is 11.2. The molecule has 0 aliphatic heterocycles. The van der Waals surface area contributed by atoms with Crippen LogP contribution < -0.4 is 5.73 Å². The van der Waals surface area contributed by atoms with Crippen LogP contribution in [-0.4, -0.2) is 30.7 Å². The van der Waals surface area contributed by atoms with E-state index < -0.39 is 5.97 Å². The van der Waals surface area contributed by atoms with Gasteiger partial charge in [0.15, 0.2) is 5.65 Å². The molecule has 3 N–H and O–H groups in total. The summed E-state index contributed by atoms with van der Waals surface area (Å²) in [5.74, 6) is -0.181. The average molecular weight is 387 g/mol. The third kappa shape index (κ3) is 3.08. The molecule has 4 aromatic rings. The zero-order valence-electron chi connectivity index (χ0n) is 15.8. The van der Waals surface area contributed by atoms with Crippen molar-refractivity contribution >= 4 is 28.3 Å². The Bertz CT molecular complexity index is 1220. The topological polar surface area (TPSA) is 106 Å². The van der Waals surface area contributed by atoms with Crippen molar-refractivity contribution in [1.82, 2.24) is 19.6 Å². The Balaban J connectivity index is 1.55. The lowest BCUT2D eigenvalue weighted by Gasteiger charge is -2.25. The predicted octanol–water partition coefficient (Wildman–Crippen LogP) is 3.89. The lowest BCUT2D eigenvalue weighted by Crippen LogP contribution is -2.21. The molecule has 0 unspecified atom stereocenters. The molecular weight excluding hydrogens is 366 g/mol. The highest BCUT2D eigenvalue weighted by Crippen LogP contribution is 2.37. The number of aliphatic carboxylic acids is 1. The van der Waals surface area contributed by atoms with Gasteiger partial charge in [0, 0.05) is 34.8 Å². The summed E-state index contributed by atoms with van der Waals surface area (Å²) in [6, 6.07) is 11.9. The first-order valence-electron chi connectivity index (χ1n) is 9.82. The van der Waals surface area contributed by atoms with Gasteiger partial charge in [0.1, 0.15) is 5.82 Å². The molecule has 3 heterocycles. The van der Waals surface area contributed by atoms with Crippen LogP contribution in [0.2, 0.25) is 0 Å². The monoisotopic (exact) mass is 387 g/mol. The normalized spacial score (nSPS) is 19.6. The van der Waals surface area contributed by atoms with Crippen molar-refractivity contribution in [3.8, 4) is 11.1 Å². The van der Waals surface area contributed by atoms with Crippen LogP contribution in [0.15, 0.2) is 48.8 Å². The summed E-state index contributed by atoms with van der Waals surface area (Å²) in [4.78, 5) is 20.5. The van der Waals surface area contributed by atoms with Crippen LogP contribution in [0.1, 0.15) is 37.3 Å². The number of nitrogens with two attached hydrogens (primary N) is 1. The molecule has 0 spiro atoms. The van der Waals surface area contributed by atoms with E-state index in [9.17, 15) is 9.90 Å². The van der Waals surface area contributed by atoms with E-state index in [2.05, 4.69) is 16.1 Å². The van der Waals surface area contributed by atoms with Gasteiger partial charge in [0.2, 0.25) is 0 Å². The van der Waals surface area contributed by atoms with E-state index in [0.29, 0.717) is 18.7 Å². The van der Waals surface area contributed by atoms with E-state index in [-0.39, 0.29) is 11.8 Å². The van der Waals surface area contributed by atoms with Crippen molar-refractivity contribution in [2.75, 3.05) is 5.73 Å². The van der Waals surface area contributed by atoms with Gasteiger partial charge in [-0.2, -0.15) is 9.61 Å². The maximum Gasteiger partial charge on any atom is 0.306 e. The lowest BCUT2D eigenvalue weighted by molar-refractivity contribution is -0.142. The second-order valence-corrected chi connectivity index (χ2v) is 7.70. The number of hydrogen-bond acceptors (Lipinski definition) is 5. The van der Waals surface area contributed by atoms with Crippen LogP contribution in [-0.2, 0) is 4.79 Å². The Morgan fingerprint density at radius 2 is 1.97 bits per heavy atom. The Labute approximate surface area is 167 Å². The minimum absolute atomic E-state index is 0.224. The Morgan fingerprint density at radius 1 is 1.14 bits per heavy atom. The molecule has 3 aromatic heterocycles. The molecule has 1 saturated carbocycles. The number of rotatable bonds is 3. The number of carbonyl (C=O) groups is 1. The highest BCUT2D eigenvalue weighted by atomic mass is 16.4. The third-order valence-corrected chi connectivity index (χ3v) is 5.93. The molecule has 29 heavy (non-hydrogen) atoms. The molecule has 7 heteroatoms. The van der Waals surface area contributed by atoms with E-state index in [1.807, 2.05) is 30.3 Å². The molecule has 7 nitrogen and oxygen atoms in total. The maximum atomic E-state index is 11.2. The second kappa shape index (κ2) is 6.84. The van der Waals surface area contributed by atoms with Crippen molar-refractivity contribution in [3.05, 3.63) is 54.5 Å². The Hall–Kier alpha value is -3.48. The molecule has 0 radical (unpaired) electrons. The van der Waals surface area contributed by atoms with Crippen LogP contribution in [0, 0.1) is 5.92 Å². The number of carboxylic acids is 1. The van der Waals surface area contributed by atoms with Crippen LogP contribution in [0.4, 0.5) is 5.82 Å². The van der Waals surface area contributed by atoms with Crippen LogP contribution in [0.25, 0.3) is 27.7 Å². The third-order valence-electron chi connectivity index (χ3n) is 5.93. The molecule has 5 rings (SSSR count). The second-order valence-electron chi connectivity index (χ2n) is 7.70. The largest absolute Gasteiger partial charge is 0.481 e. The zero-order valence-corrected chi connectivity index (χ0v) is 15.8. The predicted molar refractivity (Wildman–Crippen MR) is 110 cm³/mol. The number of carboxylic acid groups (broad SMARTS) is 1. The number of nitrogens with zero attached hydrogens (tertiary/aromatic N) is 4. The van der Waals surface area contributed by atoms with Crippen molar-refractivity contribution in [2.45, 2.75) is 31.6 Å². The SMILES string of the molecule is Nc1cc(C2CCC(C(=O)O)CC2)nc2c(-c3ccc4ncccc4c3)cnn12. The van der Waals surface area contributed by atoms with Crippen LogP contribution >= 0.6 is 0 Å². The molecule has 0 saturated heterocycles. The molecule has 0 atom stereocenters. The molecular formula is C22H21N5O2. The summed E-state index contributed by atoms with van der Waals surface area (Å²) < 4.78 is 1.66. The summed E-state index contributed by atoms with van der Waals surface area (Å²) >= 11 is 0. The fraction of sp³-hybridized carbons (Fsp3) is 0.273. The van der Waals surface area contributed by atoms with Gasteiger partial charge in [-0.3, -0.25) is 9.78 Å². The Kier molecular flexibility index (Phi) is 4.16. The van der Waals surface area contributed by atoms with Gasteiger partial charge in [-0.25, -0.2) is 4.98 Å². The fourth-order valence-corrected chi connectivity index (χ4v) is 4.30. The van der Waals surface area contributed by atoms with E-state index in [0.717, 1.165) is 46.2 Å². The molecule has 146 valence electrons. The lowest BCUT2D eigenvalue weighted by atomic mass is 9.80. The number of anilines is 1. The van der Waals surface area contributed by atoms with Gasteiger partial charge in [-0.15, -0.1) is 0 Å². The molecule has 1 aromatic carbocycles. The standard InChI is InChI=1S/C22H21N5O2/c23-20-11-19(13-3-5-14(6-4-13)22(28)29)26-21-17(12-25-27(20)21)15-7-8-18-16(10-15)2-1-9-24-18/h1-2,7-14H,3-6,23H2,(H,28,29). The van der Waals surface area contributed by atoms with E-state index in [4.69, 9.17) is 10.7 Å². The van der Waals surface area contributed by atoms with Gasteiger partial charge in [-0.05, 0) is 49.4 Å². The average Bonchev–Trinajstić information content (AvgIpc) is 3.18. The van der Waals surface area contributed by atoms with Crippen LogP contribution in [0.3, 0.4) is 0 Å². The highest BCUT2D eigenvalue weighted by molar-refractivity contribution is 5.87. The molecule has 1 aliphatic rings. The number of hydrogen-bond donors (Lipinski definition) is 2. The summed E-state index contributed by atoms with van der Waals surface area (Å²) in [6.07, 6.45) is 6.55. The number of benzene rings is 1. The zero-order chi connectivity index (χ0) is 20.0. The minimum atomic E-state index is -0.699.